The summed E-state index contributed by atoms with van der Waals surface area (Å²) in [6.45, 7) is 0.696. The molecule has 0 saturated heterocycles. The van der Waals surface area contributed by atoms with E-state index in [9.17, 15) is 0 Å². The van der Waals surface area contributed by atoms with Gasteiger partial charge in [0.1, 0.15) is 19.0 Å². The van der Waals surface area contributed by atoms with Gasteiger partial charge >= 0.3 is 0 Å². The highest BCUT2D eigenvalue weighted by atomic mass is 16.6. The van der Waals surface area contributed by atoms with Crippen LogP contribution in [0.4, 0.5) is 0 Å². The number of oxime groups is 1. The van der Waals surface area contributed by atoms with Crippen molar-refractivity contribution in [3.8, 4) is 5.75 Å². The zero-order valence-corrected chi connectivity index (χ0v) is 8.09. The van der Waals surface area contributed by atoms with Gasteiger partial charge in [0.25, 0.3) is 0 Å². The standard InChI is InChI=1S/C9H13N3O3/c10-9(12-13)7-1-3-8(4-2-7)14-5-6-15-11/h1-4,13H,5-6,11H2,(H2,10,12). The van der Waals surface area contributed by atoms with E-state index in [-0.39, 0.29) is 5.84 Å². The maximum atomic E-state index is 8.43. The molecule has 0 spiro atoms. The van der Waals surface area contributed by atoms with Crippen molar-refractivity contribution in [1.29, 1.82) is 0 Å². The fourth-order valence-electron chi connectivity index (χ4n) is 0.987. The number of nitrogens with zero attached hydrogens (tertiary/aromatic N) is 1. The molecule has 82 valence electrons. The molecule has 0 radical (unpaired) electrons. The number of hydrogen-bond acceptors (Lipinski definition) is 5. The van der Waals surface area contributed by atoms with Gasteiger partial charge in [-0.25, -0.2) is 5.90 Å². The smallest absolute Gasteiger partial charge is 0.170 e. The van der Waals surface area contributed by atoms with E-state index in [1.807, 2.05) is 0 Å². The van der Waals surface area contributed by atoms with Crippen LogP contribution in [0.5, 0.6) is 5.75 Å². The van der Waals surface area contributed by atoms with Crippen molar-refractivity contribution in [3.05, 3.63) is 29.8 Å². The first-order chi connectivity index (χ1) is 7.27. The minimum Gasteiger partial charge on any atom is -0.491 e. The third-order valence-electron chi connectivity index (χ3n) is 1.73. The summed E-state index contributed by atoms with van der Waals surface area (Å²) in [5.41, 5.74) is 6.01. The van der Waals surface area contributed by atoms with E-state index in [0.29, 0.717) is 24.5 Å². The molecule has 0 aromatic heterocycles. The Hall–Kier alpha value is -1.79. The van der Waals surface area contributed by atoms with E-state index in [1.165, 1.54) is 0 Å². The lowest BCUT2D eigenvalue weighted by Gasteiger charge is -2.05. The molecule has 0 aliphatic heterocycles. The highest BCUT2D eigenvalue weighted by molar-refractivity contribution is 5.97. The zero-order chi connectivity index (χ0) is 11.1. The monoisotopic (exact) mass is 211 g/mol. The van der Waals surface area contributed by atoms with Gasteiger partial charge < -0.3 is 20.5 Å². The first kappa shape index (κ1) is 11.3. The minimum absolute atomic E-state index is 0.0619. The lowest BCUT2D eigenvalue weighted by molar-refractivity contribution is 0.102. The number of rotatable bonds is 5. The summed E-state index contributed by atoms with van der Waals surface area (Å²) < 4.78 is 5.27. The maximum absolute atomic E-state index is 8.43. The highest BCUT2D eigenvalue weighted by Crippen LogP contribution is 2.11. The molecule has 0 unspecified atom stereocenters. The summed E-state index contributed by atoms with van der Waals surface area (Å²) >= 11 is 0. The molecular formula is C9H13N3O3. The average Bonchev–Trinajstić information content (AvgIpc) is 2.29. The van der Waals surface area contributed by atoms with Gasteiger partial charge in [-0.3, -0.25) is 0 Å². The molecule has 0 aliphatic rings. The van der Waals surface area contributed by atoms with E-state index in [1.54, 1.807) is 24.3 Å². The molecule has 1 rings (SSSR count). The molecule has 0 fully saturated rings. The summed E-state index contributed by atoms with van der Waals surface area (Å²) in [7, 11) is 0. The summed E-state index contributed by atoms with van der Waals surface area (Å²) in [5, 5.41) is 11.3. The van der Waals surface area contributed by atoms with Crippen molar-refractivity contribution in [3.63, 3.8) is 0 Å². The van der Waals surface area contributed by atoms with Gasteiger partial charge in [0, 0.05) is 5.56 Å². The van der Waals surface area contributed by atoms with Crippen molar-refractivity contribution in [2.75, 3.05) is 13.2 Å². The largest absolute Gasteiger partial charge is 0.491 e. The van der Waals surface area contributed by atoms with Gasteiger partial charge in [0.15, 0.2) is 5.84 Å². The fourth-order valence-corrected chi connectivity index (χ4v) is 0.987. The molecule has 6 heteroatoms. The van der Waals surface area contributed by atoms with Gasteiger partial charge in [-0.05, 0) is 24.3 Å². The molecule has 0 aliphatic carbocycles. The minimum atomic E-state index is 0.0619. The third-order valence-corrected chi connectivity index (χ3v) is 1.73. The number of hydrogen-bond donors (Lipinski definition) is 3. The second-order valence-electron chi connectivity index (χ2n) is 2.73. The van der Waals surface area contributed by atoms with Crippen LogP contribution in [0, 0.1) is 0 Å². The van der Waals surface area contributed by atoms with E-state index in [0.717, 1.165) is 0 Å². The van der Waals surface area contributed by atoms with Gasteiger partial charge in [0.2, 0.25) is 0 Å². The first-order valence-electron chi connectivity index (χ1n) is 4.30. The van der Waals surface area contributed by atoms with Crippen molar-refractivity contribution < 1.29 is 14.8 Å². The number of benzene rings is 1. The molecule has 1 aromatic carbocycles. The predicted molar refractivity (Wildman–Crippen MR) is 54.6 cm³/mol. The Morgan fingerprint density at radius 1 is 1.27 bits per heavy atom. The van der Waals surface area contributed by atoms with Crippen LogP contribution in [0.3, 0.4) is 0 Å². The summed E-state index contributed by atoms with van der Waals surface area (Å²) in [6.07, 6.45) is 0. The molecule has 0 heterocycles. The highest BCUT2D eigenvalue weighted by Gasteiger charge is 1.99. The molecule has 6 nitrogen and oxygen atoms in total. The molecule has 1 aromatic rings. The van der Waals surface area contributed by atoms with Crippen molar-refractivity contribution in [1.82, 2.24) is 0 Å². The number of amidine groups is 1. The molecule has 0 amide bonds. The summed E-state index contributed by atoms with van der Waals surface area (Å²) in [6, 6.07) is 6.80. The molecule has 0 atom stereocenters. The second-order valence-corrected chi connectivity index (χ2v) is 2.73. The van der Waals surface area contributed by atoms with Crippen LogP contribution in [-0.4, -0.2) is 24.3 Å². The van der Waals surface area contributed by atoms with Crippen LogP contribution in [0.1, 0.15) is 5.56 Å². The van der Waals surface area contributed by atoms with Crippen LogP contribution in [-0.2, 0) is 4.84 Å². The van der Waals surface area contributed by atoms with Crippen LogP contribution in [0.2, 0.25) is 0 Å². The lowest BCUT2D eigenvalue weighted by atomic mass is 10.2. The van der Waals surface area contributed by atoms with Crippen molar-refractivity contribution in [2.45, 2.75) is 0 Å². The van der Waals surface area contributed by atoms with Crippen LogP contribution in [0.15, 0.2) is 29.4 Å². The SMILES string of the molecule is NOCCOc1ccc(/C(N)=N/O)cc1. The Bertz CT molecular complexity index is 324. The Morgan fingerprint density at radius 3 is 2.47 bits per heavy atom. The summed E-state index contributed by atoms with van der Waals surface area (Å²) in [4.78, 5) is 4.35. The number of nitrogens with two attached hydrogens (primary N) is 2. The van der Waals surface area contributed by atoms with Gasteiger partial charge in [-0.15, -0.1) is 0 Å². The molecule has 5 N–H and O–H groups in total. The Labute approximate surface area is 87.0 Å². The van der Waals surface area contributed by atoms with E-state index >= 15 is 0 Å². The topological polar surface area (TPSA) is 103 Å². The van der Waals surface area contributed by atoms with Gasteiger partial charge in [0.05, 0.1) is 0 Å². The Balaban J connectivity index is 2.56. The van der Waals surface area contributed by atoms with E-state index in [4.69, 9.17) is 21.6 Å². The van der Waals surface area contributed by atoms with E-state index in [2.05, 4.69) is 9.99 Å². The van der Waals surface area contributed by atoms with Gasteiger partial charge in [-0.1, -0.05) is 5.16 Å². The van der Waals surface area contributed by atoms with Crippen LogP contribution >= 0.6 is 0 Å². The predicted octanol–water partition coefficient (Wildman–Crippen LogP) is 0.0502. The van der Waals surface area contributed by atoms with Gasteiger partial charge in [-0.2, -0.15) is 0 Å². The molecule has 15 heavy (non-hydrogen) atoms. The lowest BCUT2D eigenvalue weighted by Crippen LogP contribution is -2.13. The normalized spacial score (nSPS) is 11.4. The van der Waals surface area contributed by atoms with Crippen molar-refractivity contribution >= 4 is 5.84 Å². The maximum Gasteiger partial charge on any atom is 0.170 e. The third kappa shape index (κ3) is 3.45. The quantitative estimate of drug-likeness (QED) is 0.210. The Kier molecular flexibility index (Phi) is 4.39. The van der Waals surface area contributed by atoms with Crippen LogP contribution < -0.4 is 16.4 Å². The number of ether oxygens (including phenoxy) is 1. The molecule has 0 bridgehead atoms. The Morgan fingerprint density at radius 2 is 1.93 bits per heavy atom. The zero-order valence-electron chi connectivity index (χ0n) is 8.09. The average molecular weight is 211 g/mol. The molecular weight excluding hydrogens is 198 g/mol. The second kappa shape index (κ2) is 5.84. The summed E-state index contributed by atoms with van der Waals surface area (Å²) in [5.74, 6) is 5.56. The van der Waals surface area contributed by atoms with E-state index < -0.39 is 0 Å². The fraction of sp³-hybridized carbons (Fsp3) is 0.222. The van der Waals surface area contributed by atoms with Crippen LogP contribution in [0.25, 0.3) is 0 Å². The van der Waals surface area contributed by atoms with Crippen molar-refractivity contribution in [2.24, 2.45) is 16.8 Å². The first-order valence-corrected chi connectivity index (χ1v) is 4.30. The molecule has 0 saturated carbocycles.